The minimum atomic E-state index is 0.196. The molecule has 0 saturated heterocycles. The Morgan fingerprint density at radius 1 is 1.00 bits per heavy atom. The Kier molecular flexibility index (Phi) is 5.58. The number of hydrogen-bond donors (Lipinski definition) is 0. The van der Waals surface area contributed by atoms with Gasteiger partial charge in [-0.2, -0.15) is 0 Å². The van der Waals surface area contributed by atoms with Crippen LogP contribution in [0, 0.1) is 5.41 Å². The summed E-state index contributed by atoms with van der Waals surface area (Å²) in [4.78, 5) is 2.30. The zero-order chi connectivity index (χ0) is 13.0. The second-order valence-corrected chi connectivity index (χ2v) is 7.06. The maximum Gasteiger partial charge on any atom is 0.0311 e. The van der Waals surface area contributed by atoms with Crippen LogP contribution in [0.25, 0.3) is 0 Å². The molecule has 0 fully saturated rings. The van der Waals surface area contributed by atoms with Crippen LogP contribution in [0.5, 0.6) is 0 Å². The van der Waals surface area contributed by atoms with Crippen LogP contribution in [0.4, 0.5) is 0 Å². The first-order valence-electron chi connectivity index (χ1n) is 6.46. The summed E-state index contributed by atoms with van der Waals surface area (Å²) < 4.78 is 0. The van der Waals surface area contributed by atoms with E-state index in [2.05, 4.69) is 60.1 Å². The lowest BCUT2D eigenvalue weighted by Gasteiger charge is -2.35. The SMILES string of the molecule is C=C(CCCCC(C)(C)C)N(C)C(C)(C)C. The van der Waals surface area contributed by atoms with E-state index in [-0.39, 0.29) is 5.54 Å². The smallest absolute Gasteiger partial charge is 0.0311 e. The minimum absolute atomic E-state index is 0.196. The molecule has 0 radical (unpaired) electrons. The van der Waals surface area contributed by atoms with Crippen molar-refractivity contribution in [2.75, 3.05) is 7.05 Å². The summed E-state index contributed by atoms with van der Waals surface area (Å²) in [5.41, 5.74) is 1.93. The molecule has 1 nitrogen and oxygen atoms in total. The molecule has 0 spiro atoms. The fraction of sp³-hybridized carbons (Fsp3) is 0.867. The first-order chi connectivity index (χ1) is 7.04. The van der Waals surface area contributed by atoms with Gasteiger partial charge in [0.15, 0.2) is 0 Å². The predicted octanol–water partition coefficient (Wildman–Crippen LogP) is 4.84. The largest absolute Gasteiger partial charge is 0.374 e. The fourth-order valence-corrected chi connectivity index (χ4v) is 1.63. The molecule has 0 aromatic heterocycles. The van der Waals surface area contributed by atoms with Crippen molar-refractivity contribution in [1.29, 1.82) is 0 Å². The number of rotatable bonds is 5. The Bertz CT molecular complexity index is 215. The van der Waals surface area contributed by atoms with Crippen LogP contribution in [0.2, 0.25) is 0 Å². The molecule has 0 amide bonds. The van der Waals surface area contributed by atoms with Gasteiger partial charge in [-0.1, -0.05) is 33.8 Å². The molecule has 0 atom stereocenters. The summed E-state index contributed by atoms with van der Waals surface area (Å²) >= 11 is 0. The highest BCUT2D eigenvalue weighted by Crippen LogP contribution is 2.24. The van der Waals surface area contributed by atoms with Crippen molar-refractivity contribution in [3.8, 4) is 0 Å². The van der Waals surface area contributed by atoms with Gasteiger partial charge in [0, 0.05) is 18.3 Å². The van der Waals surface area contributed by atoms with Crippen LogP contribution >= 0.6 is 0 Å². The topological polar surface area (TPSA) is 3.24 Å². The lowest BCUT2D eigenvalue weighted by Crippen LogP contribution is -2.36. The van der Waals surface area contributed by atoms with Crippen molar-refractivity contribution >= 4 is 0 Å². The van der Waals surface area contributed by atoms with Gasteiger partial charge in [-0.3, -0.25) is 0 Å². The Morgan fingerprint density at radius 3 is 1.88 bits per heavy atom. The van der Waals surface area contributed by atoms with E-state index in [0.717, 1.165) is 6.42 Å². The van der Waals surface area contributed by atoms with E-state index in [1.165, 1.54) is 25.0 Å². The molecule has 0 rings (SSSR count). The monoisotopic (exact) mass is 225 g/mol. The highest BCUT2D eigenvalue weighted by molar-refractivity contribution is 4.97. The molecule has 0 aromatic carbocycles. The summed E-state index contributed by atoms with van der Waals surface area (Å²) in [5.74, 6) is 0. The summed E-state index contributed by atoms with van der Waals surface area (Å²) in [7, 11) is 2.14. The van der Waals surface area contributed by atoms with Crippen LogP contribution < -0.4 is 0 Å². The molecule has 0 saturated carbocycles. The highest BCUT2D eigenvalue weighted by Gasteiger charge is 2.18. The van der Waals surface area contributed by atoms with E-state index in [9.17, 15) is 0 Å². The lowest BCUT2D eigenvalue weighted by atomic mass is 9.89. The normalized spacial score (nSPS) is 12.7. The van der Waals surface area contributed by atoms with Gasteiger partial charge in [0.2, 0.25) is 0 Å². The summed E-state index contributed by atoms with van der Waals surface area (Å²) in [6.07, 6.45) is 5.00. The molecule has 0 aliphatic carbocycles. The van der Waals surface area contributed by atoms with Gasteiger partial charge in [0.1, 0.15) is 0 Å². The van der Waals surface area contributed by atoms with Gasteiger partial charge >= 0.3 is 0 Å². The molecular weight excluding hydrogens is 194 g/mol. The third-order valence-corrected chi connectivity index (χ3v) is 3.12. The first kappa shape index (κ1) is 15.5. The minimum Gasteiger partial charge on any atom is -0.374 e. The molecular formula is C15H31N. The van der Waals surface area contributed by atoms with Crippen molar-refractivity contribution in [1.82, 2.24) is 4.90 Å². The molecule has 0 aliphatic heterocycles. The van der Waals surface area contributed by atoms with E-state index in [1.807, 2.05) is 0 Å². The molecule has 96 valence electrons. The van der Waals surface area contributed by atoms with Gasteiger partial charge in [0.05, 0.1) is 0 Å². The molecule has 0 N–H and O–H groups in total. The molecule has 1 heteroatoms. The van der Waals surface area contributed by atoms with E-state index < -0.39 is 0 Å². The Morgan fingerprint density at radius 2 is 1.50 bits per heavy atom. The van der Waals surface area contributed by atoms with Crippen molar-refractivity contribution in [2.24, 2.45) is 5.41 Å². The van der Waals surface area contributed by atoms with Crippen LogP contribution in [0.3, 0.4) is 0 Å². The second-order valence-electron chi connectivity index (χ2n) is 7.06. The fourth-order valence-electron chi connectivity index (χ4n) is 1.63. The number of allylic oxidation sites excluding steroid dienone is 1. The van der Waals surface area contributed by atoms with Crippen LogP contribution in [0.15, 0.2) is 12.3 Å². The van der Waals surface area contributed by atoms with Crippen LogP contribution in [-0.2, 0) is 0 Å². The zero-order valence-electron chi connectivity index (χ0n) is 12.5. The molecule has 0 unspecified atom stereocenters. The maximum absolute atomic E-state index is 4.18. The van der Waals surface area contributed by atoms with E-state index in [4.69, 9.17) is 0 Å². The van der Waals surface area contributed by atoms with Crippen molar-refractivity contribution in [3.63, 3.8) is 0 Å². The van der Waals surface area contributed by atoms with Crippen LogP contribution in [0.1, 0.15) is 67.2 Å². The van der Waals surface area contributed by atoms with Crippen molar-refractivity contribution < 1.29 is 0 Å². The van der Waals surface area contributed by atoms with E-state index >= 15 is 0 Å². The molecule has 16 heavy (non-hydrogen) atoms. The summed E-state index contributed by atoms with van der Waals surface area (Å²) in [6.45, 7) is 17.8. The summed E-state index contributed by atoms with van der Waals surface area (Å²) in [5, 5.41) is 0. The average molecular weight is 225 g/mol. The Hall–Kier alpha value is -0.460. The number of unbranched alkanes of at least 4 members (excludes halogenated alkanes) is 1. The second kappa shape index (κ2) is 5.75. The standard InChI is InChI=1S/C15H31N/c1-13(16(8)15(5,6)7)11-9-10-12-14(2,3)4/h1,9-12H2,2-8H3. The van der Waals surface area contributed by atoms with E-state index in [0.29, 0.717) is 5.41 Å². The Labute approximate surface area is 103 Å². The van der Waals surface area contributed by atoms with Crippen molar-refractivity contribution in [2.45, 2.75) is 72.8 Å². The quantitative estimate of drug-likeness (QED) is 0.605. The predicted molar refractivity (Wildman–Crippen MR) is 74.6 cm³/mol. The maximum atomic E-state index is 4.18. The number of hydrogen-bond acceptors (Lipinski definition) is 1. The summed E-state index contributed by atoms with van der Waals surface area (Å²) in [6, 6.07) is 0. The molecule has 0 bridgehead atoms. The van der Waals surface area contributed by atoms with Crippen LogP contribution in [-0.4, -0.2) is 17.5 Å². The first-order valence-corrected chi connectivity index (χ1v) is 6.46. The molecule has 0 aromatic rings. The third kappa shape index (κ3) is 6.92. The van der Waals surface area contributed by atoms with Gasteiger partial charge < -0.3 is 4.90 Å². The Balaban J connectivity index is 3.83. The zero-order valence-corrected chi connectivity index (χ0v) is 12.5. The highest BCUT2D eigenvalue weighted by atomic mass is 15.2. The van der Waals surface area contributed by atoms with Gasteiger partial charge in [-0.15, -0.1) is 0 Å². The average Bonchev–Trinajstić information content (AvgIpc) is 2.07. The van der Waals surface area contributed by atoms with Gasteiger partial charge in [-0.05, 0) is 45.4 Å². The van der Waals surface area contributed by atoms with Crippen molar-refractivity contribution in [3.05, 3.63) is 12.3 Å². The lowest BCUT2D eigenvalue weighted by molar-refractivity contribution is 0.219. The number of nitrogens with zero attached hydrogens (tertiary/aromatic N) is 1. The third-order valence-electron chi connectivity index (χ3n) is 3.12. The molecule has 0 heterocycles. The van der Waals surface area contributed by atoms with E-state index in [1.54, 1.807) is 0 Å². The van der Waals surface area contributed by atoms with Gasteiger partial charge in [-0.25, -0.2) is 0 Å². The molecule has 0 aliphatic rings. The van der Waals surface area contributed by atoms with Gasteiger partial charge in [0.25, 0.3) is 0 Å².